The molecule has 0 fully saturated rings. The third-order valence-electron chi connectivity index (χ3n) is 5.97. The second kappa shape index (κ2) is 7.46. The molecule has 158 valence electrons. The Labute approximate surface area is 179 Å². The minimum absolute atomic E-state index is 0.00558. The highest BCUT2D eigenvalue weighted by molar-refractivity contribution is 6.00. The van der Waals surface area contributed by atoms with E-state index in [1.54, 1.807) is 37.1 Å². The van der Waals surface area contributed by atoms with Crippen LogP contribution in [0.4, 0.5) is 5.95 Å². The van der Waals surface area contributed by atoms with Crippen molar-refractivity contribution in [2.45, 2.75) is 24.8 Å². The number of aromatic nitrogens is 3. The number of phenolic OH excluding ortho intramolecular Hbond substituents is 1. The number of rotatable bonds is 4. The van der Waals surface area contributed by atoms with Crippen molar-refractivity contribution < 1.29 is 19.4 Å². The van der Waals surface area contributed by atoms with Gasteiger partial charge in [0.1, 0.15) is 29.6 Å². The predicted molar refractivity (Wildman–Crippen MR) is 113 cm³/mol. The minimum atomic E-state index is -0.465. The average Bonchev–Trinajstić information content (AvgIpc) is 3.25. The van der Waals surface area contributed by atoms with Gasteiger partial charge in [0.25, 0.3) is 0 Å². The van der Waals surface area contributed by atoms with Crippen molar-refractivity contribution in [3.63, 3.8) is 0 Å². The fourth-order valence-electron chi connectivity index (χ4n) is 4.54. The molecular weight excluding hydrogens is 396 g/mol. The van der Waals surface area contributed by atoms with Crippen LogP contribution < -0.4 is 14.8 Å². The van der Waals surface area contributed by atoms with Crippen LogP contribution in [0.3, 0.4) is 0 Å². The summed E-state index contributed by atoms with van der Waals surface area (Å²) in [6, 6.07) is 12.2. The summed E-state index contributed by atoms with van der Waals surface area (Å²) in [4.78, 5) is 17.8. The van der Waals surface area contributed by atoms with Gasteiger partial charge in [-0.3, -0.25) is 4.79 Å². The Bertz CT molecular complexity index is 1200. The van der Waals surface area contributed by atoms with E-state index >= 15 is 0 Å². The molecule has 2 atom stereocenters. The summed E-state index contributed by atoms with van der Waals surface area (Å²) in [7, 11) is 3.19. The van der Waals surface area contributed by atoms with Crippen molar-refractivity contribution in [1.29, 1.82) is 0 Å². The first-order valence-electron chi connectivity index (χ1n) is 10.0. The zero-order valence-electron chi connectivity index (χ0n) is 17.2. The van der Waals surface area contributed by atoms with E-state index in [4.69, 9.17) is 9.47 Å². The lowest BCUT2D eigenvalue weighted by atomic mass is 9.77. The molecule has 0 saturated carbocycles. The van der Waals surface area contributed by atoms with Gasteiger partial charge in [-0.05, 0) is 30.2 Å². The lowest BCUT2D eigenvalue weighted by Crippen LogP contribution is -2.33. The van der Waals surface area contributed by atoms with Crippen LogP contribution in [0.1, 0.15) is 35.9 Å². The van der Waals surface area contributed by atoms with Gasteiger partial charge in [0.2, 0.25) is 5.95 Å². The summed E-state index contributed by atoms with van der Waals surface area (Å²) in [5.41, 5.74) is 3.02. The van der Waals surface area contributed by atoms with E-state index in [0.717, 1.165) is 16.8 Å². The molecule has 31 heavy (non-hydrogen) atoms. The number of ketones is 1. The number of phenols is 1. The number of benzene rings is 2. The van der Waals surface area contributed by atoms with Gasteiger partial charge in [0.15, 0.2) is 5.78 Å². The molecule has 2 heterocycles. The molecule has 0 amide bonds. The number of methoxy groups -OCH3 is 2. The number of nitrogens with zero attached hydrogens (tertiary/aromatic N) is 3. The van der Waals surface area contributed by atoms with Gasteiger partial charge in [-0.15, -0.1) is 0 Å². The third kappa shape index (κ3) is 3.11. The molecule has 8 heteroatoms. The number of Topliss-reactive ketones (excluding diaryl/α,β-unsaturated/α-hetero) is 1. The monoisotopic (exact) mass is 418 g/mol. The summed E-state index contributed by atoms with van der Waals surface area (Å²) in [6.07, 6.45) is 2.35. The number of carbonyl (C=O) groups is 1. The fourth-order valence-corrected chi connectivity index (χ4v) is 4.54. The van der Waals surface area contributed by atoms with Crippen molar-refractivity contribution in [1.82, 2.24) is 14.8 Å². The molecule has 3 aromatic rings. The fraction of sp³-hybridized carbons (Fsp3) is 0.261. The molecule has 2 aliphatic rings. The van der Waals surface area contributed by atoms with Gasteiger partial charge >= 0.3 is 0 Å². The zero-order valence-corrected chi connectivity index (χ0v) is 17.2. The topological polar surface area (TPSA) is 98.5 Å². The molecular formula is C23H22N4O4. The highest BCUT2D eigenvalue weighted by Gasteiger charge is 2.40. The lowest BCUT2D eigenvalue weighted by Gasteiger charge is -2.35. The molecule has 0 spiro atoms. The molecule has 8 nitrogen and oxygen atoms in total. The Kier molecular flexibility index (Phi) is 4.62. The second-order valence-corrected chi connectivity index (χ2v) is 7.64. The first kappa shape index (κ1) is 19.2. The van der Waals surface area contributed by atoms with Crippen molar-refractivity contribution >= 4 is 11.7 Å². The summed E-state index contributed by atoms with van der Waals surface area (Å²) >= 11 is 0. The summed E-state index contributed by atoms with van der Waals surface area (Å²) in [6.45, 7) is 0. The first-order valence-corrected chi connectivity index (χ1v) is 10.0. The Morgan fingerprint density at radius 2 is 1.94 bits per heavy atom. The molecule has 0 bridgehead atoms. The van der Waals surface area contributed by atoms with E-state index in [9.17, 15) is 9.90 Å². The number of fused-ring (bicyclic) bond motifs is 1. The van der Waals surface area contributed by atoms with Crippen LogP contribution in [0, 0.1) is 0 Å². The third-order valence-corrected chi connectivity index (χ3v) is 5.97. The molecule has 1 aromatic heterocycles. The standard InChI is InChI=1S/C23H22N4O4/c1-30-14-7-8-16(20(11-14)31-2)22-21-17(26-23-24-12-25-27(22)23)9-13(10-19(21)29)15-5-3-4-6-18(15)28/h3-8,11-13,22,28H,9-10H2,1-2H3,(H,24,25,26)/t13-,22+/m0/s1. The predicted octanol–water partition coefficient (Wildman–Crippen LogP) is 3.42. The van der Waals surface area contributed by atoms with E-state index in [1.807, 2.05) is 24.3 Å². The SMILES string of the molecule is COc1ccc([C@@H]2C3=C(C[C@H](c4ccccc4O)CC3=O)Nc3ncnn32)c(OC)c1. The average molecular weight is 418 g/mol. The number of allylic oxidation sites excluding steroid dienone is 2. The van der Waals surface area contributed by atoms with Crippen molar-refractivity contribution in [3.8, 4) is 17.2 Å². The molecule has 5 rings (SSSR count). The summed E-state index contributed by atoms with van der Waals surface area (Å²) in [5, 5.41) is 18.0. The number of para-hydroxylation sites is 1. The van der Waals surface area contributed by atoms with Gasteiger partial charge in [-0.25, -0.2) is 4.68 Å². The number of hydrogen-bond donors (Lipinski definition) is 2. The van der Waals surface area contributed by atoms with Crippen LogP contribution in [0.2, 0.25) is 0 Å². The van der Waals surface area contributed by atoms with E-state index in [0.29, 0.717) is 35.9 Å². The summed E-state index contributed by atoms with van der Waals surface area (Å²) < 4.78 is 12.7. The maximum Gasteiger partial charge on any atom is 0.226 e. The van der Waals surface area contributed by atoms with Crippen LogP contribution in [0.25, 0.3) is 0 Å². The van der Waals surface area contributed by atoms with Crippen LogP contribution in [-0.2, 0) is 4.79 Å². The smallest absolute Gasteiger partial charge is 0.226 e. The maximum atomic E-state index is 13.5. The highest BCUT2D eigenvalue weighted by Crippen LogP contribution is 2.47. The molecule has 0 unspecified atom stereocenters. The maximum absolute atomic E-state index is 13.5. The number of ether oxygens (including phenoxy) is 2. The van der Waals surface area contributed by atoms with Gasteiger partial charge in [0, 0.05) is 35.2 Å². The highest BCUT2D eigenvalue weighted by atomic mass is 16.5. The number of aromatic hydroxyl groups is 1. The van der Waals surface area contributed by atoms with E-state index in [1.165, 1.54) is 6.33 Å². The molecule has 0 saturated heterocycles. The number of hydrogen-bond acceptors (Lipinski definition) is 7. The van der Waals surface area contributed by atoms with Crippen molar-refractivity contribution in [2.24, 2.45) is 0 Å². The van der Waals surface area contributed by atoms with Gasteiger partial charge in [0.05, 0.1) is 14.2 Å². The van der Waals surface area contributed by atoms with Crippen LogP contribution in [0.5, 0.6) is 17.2 Å². The Balaban J connectivity index is 1.63. The molecule has 0 radical (unpaired) electrons. The van der Waals surface area contributed by atoms with Crippen LogP contribution in [0.15, 0.2) is 60.1 Å². The van der Waals surface area contributed by atoms with Gasteiger partial charge in [-0.2, -0.15) is 10.1 Å². The van der Waals surface area contributed by atoms with Crippen molar-refractivity contribution in [2.75, 3.05) is 19.5 Å². The van der Waals surface area contributed by atoms with E-state index in [-0.39, 0.29) is 17.5 Å². The Morgan fingerprint density at radius 3 is 2.71 bits per heavy atom. The molecule has 1 aliphatic heterocycles. The zero-order chi connectivity index (χ0) is 21.5. The molecule has 2 aromatic carbocycles. The van der Waals surface area contributed by atoms with E-state index < -0.39 is 6.04 Å². The van der Waals surface area contributed by atoms with Gasteiger partial charge in [-0.1, -0.05) is 18.2 Å². The Hall–Kier alpha value is -3.81. The van der Waals surface area contributed by atoms with Crippen LogP contribution in [-0.4, -0.2) is 39.9 Å². The Morgan fingerprint density at radius 1 is 1.10 bits per heavy atom. The minimum Gasteiger partial charge on any atom is -0.508 e. The number of nitrogens with one attached hydrogen (secondary N) is 1. The lowest BCUT2D eigenvalue weighted by molar-refractivity contribution is -0.116. The number of carbonyl (C=O) groups excluding carboxylic acids is 1. The largest absolute Gasteiger partial charge is 0.508 e. The summed E-state index contributed by atoms with van der Waals surface area (Å²) in [5.74, 6) is 1.93. The molecule has 1 aliphatic carbocycles. The van der Waals surface area contributed by atoms with Crippen molar-refractivity contribution in [3.05, 3.63) is 71.2 Å². The van der Waals surface area contributed by atoms with Gasteiger partial charge < -0.3 is 19.9 Å². The quantitative estimate of drug-likeness (QED) is 0.670. The normalized spacial score (nSPS) is 20.0. The second-order valence-electron chi connectivity index (χ2n) is 7.64. The number of anilines is 1. The molecule has 2 N–H and O–H groups in total. The first-order chi connectivity index (χ1) is 15.1. The van der Waals surface area contributed by atoms with Crippen LogP contribution >= 0.6 is 0 Å². The van der Waals surface area contributed by atoms with E-state index in [2.05, 4.69) is 15.4 Å².